The number of aliphatic hydroxyl groups is 1. The fourth-order valence-corrected chi connectivity index (χ4v) is 2.46. The molecule has 0 aliphatic carbocycles. The van der Waals surface area contributed by atoms with E-state index in [0.29, 0.717) is 5.92 Å². The molecule has 0 spiro atoms. The number of rotatable bonds is 9. The van der Waals surface area contributed by atoms with Gasteiger partial charge in [0.15, 0.2) is 0 Å². The van der Waals surface area contributed by atoms with Gasteiger partial charge in [-0.25, -0.2) is 0 Å². The molecule has 0 rings (SSSR count). The normalized spacial score (nSPS) is 17.5. The van der Waals surface area contributed by atoms with E-state index in [-0.39, 0.29) is 24.0 Å². The Bertz CT molecular complexity index is 373. The molecule has 0 aromatic heterocycles. The van der Waals surface area contributed by atoms with Gasteiger partial charge in [0.25, 0.3) is 0 Å². The second kappa shape index (κ2) is 8.32. The molecule has 0 aliphatic rings. The minimum atomic E-state index is -1.04. The number of ether oxygens (including phenoxy) is 1. The maximum atomic E-state index is 12.7. The van der Waals surface area contributed by atoms with Gasteiger partial charge in [0.05, 0.1) is 25.0 Å². The van der Waals surface area contributed by atoms with Gasteiger partial charge in [0.1, 0.15) is 5.78 Å². The molecular weight excluding hydrogens is 268 g/mol. The third-order valence-corrected chi connectivity index (χ3v) is 4.69. The fraction of sp³-hybridized carbons (Fsp3) is 0.765. The first-order chi connectivity index (χ1) is 9.59. The van der Waals surface area contributed by atoms with E-state index in [4.69, 9.17) is 0 Å². The van der Waals surface area contributed by atoms with Gasteiger partial charge in [-0.2, -0.15) is 0 Å². The minimum Gasteiger partial charge on any atom is -0.469 e. The standard InChI is InChI=1S/C17H30O4/c1-8-9-11(2)12(3)13(4)16(20)17(5,6)14(18)10-15(19)21-7/h8,11-14,18H,1,9-10H2,2-7H3/t11?,12-,13+,14-/m0/s1. The summed E-state index contributed by atoms with van der Waals surface area (Å²) in [6, 6.07) is 0. The number of Topliss-reactive ketones (excluding diaryl/α,β-unsaturated/α-hetero) is 1. The Labute approximate surface area is 128 Å². The molecule has 0 bridgehead atoms. The average Bonchev–Trinajstić information content (AvgIpc) is 2.44. The van der Waals surface area contributed by atoms with Crippen LogP contribution in [0.4, 0.5) is 0 Å². The zero-order valence-electron chi connectivity index (χ0n) is 14.2. The van der Waals surface area contributed by atoms with Crippen molar-refractivity contribution < 1.29 is 19.4 Å². The first-order valence-corrected chi connectivity index (χ1v) is 7.49. The van der Waals surface area contributed by atoms with Gasteiger partial charge >= 0.3 is 5.97 Å². The summed E-state index contributed by atoms with van der Waals surface area (Å²) in [4.78, 5) is 24.0. The van der Waals surface area contributed by atoms with Crippen molar-refractivity contribution in [3.63, 3.8) is 0 Å². The van der Waals surface area contributed by atoms with Crippen LogP contribution in [0.25, 0.3) is 0 Å². The van der Waals surface area contributed by atoms with Crippen LogP contribution in [0.2, 0.25) is 0 Å². The lowest BCUT2D eigenvalue weighted by atomic mass is 9.70. The number of carbonyl (C=O) groups is 2. The Balaban J connectivity index is 4.94. The summed E-state index contributed by atoms with van der Waals surface area (Å²) in [5.41, 5.74) is -0.976. The quantitative estimate of drug-likeness (QED) is 0.525. The largest absolute Gasteiger partial charge is 0.469 e. The molecular formula is C17H30O4. The van der Waals surface area contributed by atoms with E-state index in [1.807, 2.05) is 19.9 Å². The lowest BCUT2D eigenvalue weighted by Crippen LogP contribution is -2.43. The van der Waals surface area contributed by atoms with Crippen molar-refractivity contribution in [3.05, 3.63) is 12.7 Å². The van der Waals surface area contributed by atoms with Crippen LogP contribution in [-0.4, -0.2) is 30.1 Å². The molecule has 0 amide bonds. The van der Waals surface area contributed by atoms with Crippen molar-refractivity contribution in [2.24, 2.45) is 23.2 Å². The first kappa shape index (κ1) is 19.8. The number of ketones is 1. The number of methoxy groups -OCH3 is 1. The van der Waals surface area contributed by atoms with E-state index >= 15 is 0 Å². The number of allylic oxidation sites excluding steroid dienone is 1. The van der Waals surface area contributed by atoms with Crippen LogP contribution in [0.5, 0.6) is 0 Å². The molecule has 1 N–H and O–H groups in total. The van der Waals surface area contributed by atoms with E-state index in [9.17, 15) is 14.7 Å². The number of carbonyl (C=O) groups excluding carboxylic acids is 2. The van der Waals surface area contributed by atoms with Crippen LogP contribution in [0, 0.1) is 23.2 Å². The van der Waals surface area contributed by atoms with E-state index in [2.05, 4.69) is 18.2 Å². The third-order valence-electron chi connectivity index (χ3n) is 4.69. The molecule has 21 heavy (non-hydrogen) atoms. The highest BCUT2D eigenvalue weighted by atomic mass is 16.5. The average molecular weight is 298 g/mol. The highest BCUT2D eigenvalue weighted by Crippen LogP contribution is 2.33. The molecule has 4 atom stereocenters. The second-order valence-electron chi connectivity index (χ2n) is 6.53. The molecule has 0 aromatic rings. The van der Waals surface area contributed by atoms with Crippen LogP contribution >= 0.6 is 0 Å². The van der Waals surface area contributed by atoms with Crippen LogP contribution in [0.3, 0.4) is 0 Å². The molecule has 0 heterocycles. The van der Waals surface area contributed by atoms with Crippen molar-refractivity contribution in [1.29, 1.82) is 0 Å². The molecule has 0 saturated carbocycles. The molecule has 0 aromatic carbocycles. The SMILES string of the molecule is C=CCC(C)[C@H](C)[C@@H](C)C(=O)C(C)(C)[C@@H](O)CC(=O)OC. The van der Waals surface area contributed by atoms with Gasteiger partial charge in [-0.15, -0.1) is 6.58 Å². The highest BCUT2D eigenvalue weighted by Gasteiger charge is 2.41. The summed E-state index contributed by atoms with van der Waals surface area (Å²) in [6.07, 6.45) is 1.50. The highest BCUT2D eigenvalue weighted by molar-refractivity contribution is 5.87. The summed E-state index contributed by atoms with van der Waals surface area (Å²) in [5, 5.41) is 10.2. The molecule has 0 radical (unpaired) electrons. The smallest absolute Gasteiger partial charge is 0.308 e. The van der Waals surface area contributed by atoms with Crippen LogP contribution in [-0.2, 0) is 14.3 Å². The van der Waals surface area contributed by atoms with Gasteiger partial charge < -0.3 is 9.84 Å². The van der Waals surface area contributed by atoms with Crippen LogP contribution in [0.15, 0.2) is 12.7 Å². The van der Waals surface area contributed by atoms with Crippen LogP contribution < -0.4 is 0 Å². The van der Waals surface area contributed by atoms with Gasteiger partial charge in [0.2, 0.25) is 0 Å². The van der Waals surface area contributed by atoms with Crippen molar-refractivity contribution >= 4 is 11.8 Å². The van der Waals surface area contributed by atoms with Crippen molar-refractivity contribution in [3.8, 4) is 0 Å². The predicted octanol–water partition coefficient (Wildman–Crippen LogP) is 2.99. The van der Waals surface area contributed by atoms with Crippen molar-refractivity contribution in [2.45, 2.75) is 53.6 Å². The Morgan fingerprint density at radius 1 is 1.29 bits per heavy atom. The summed E-state index contributed by atoms with van der Waals surface area (Å²) in [6.45, 7) is 13.1. The molecule has 4 heteroatoms. The number of hydrogen-bond donors (Lipinski definition) is 1. The summed E-state index contributed by atoms with van der Waals surface area (Å²) >= 11 is 0. The third kappa shape index (κ3) is 5.27. The second-order valence-corrected chi connectivity index (χ2v) is 6.53. The molecule has 0 saturated heterocycles. The lowest BCUT2D eigenvalue weighted by molar-refractivity contribution is -0.148. The topological polar surface area (TPSA) is 63.6 Å². The minimum absolute atomic E-state index is 0.0256. The monoisotopic (exact) mass is 298 g/mol. The Morgan fingerprint density at radius 3 is 2.24 bits per heavy atom. The predicted molar refractivity (Wildman–Crippen MR) is 83.7 cm³/mol. The molecule has 1 unspecified atom stereocenters. The van der Waals surface area contributed by atoms with E-state index in [1.165, 1.54) is 7.11 Å². The Hall–Kier alpha value is -1.16. The molecule has 0 aliphatic heterocycles. The summed E-state index contributed by atoms with van der Waals surface area (Å²) in [7, 11) is 1.27. The Morgan fingerprint density at radius 2 is 1.81 bits per heavy atom. The molecule has 4 nitrogen and oxygen atoms in total. The molecule has 122 valence electrons. The number of hydrogen-bond acceptors (Lipinski definition) is 4. The van der Waals surface area contributed by atoms with E-state index < -0.39 is 17.5 Å². The summed E-state index contributed by atoms with van der Waals surface area (Å²) < 4.78 is 4.55. The van der Waals surface area contributed by atoms with Gasteiger partial charge in [-0.1, -0.05) is 40.7 Å². The van der Waals surface area contributed by atoms with Crippen molar-refractivity contribution in [2.75, 3.05) is 7.11 Å². The first-order valence-electron chi connectivity index (χ1n) is 7.49. The lowest BCUT2D eigenvalue weighted by Gasteiger charge is -2.34. The van der Waals surface area contributed by atoms with Crippen molar-refractivity contribution in [1.82, 2.24) is 0 Å². The number of esters is 1. The maximum absolute atomic E-state index is 12.7. The van der Waals surface area contributed by atoms with Gasteiger partial charge in [0, 0.05) is 5.92 Å². The van der Waals surface area contributed by atoms with Gasteiger partial charge in [-0.05, 0) is 18.3 Å². The zero-order chi connectivity index (χ0) is 16.8. The van der Waals surface area contributed by atoms with Crippen LogP contribution in [0.1, 0.15) is 47.5 Å². The van der Waals surface area contributed by atoms with E-state index in [0.717, 1.165) is 6.42 Å². The Kier molecular flexibility index (Phi) is 7.86. The fourth-order valence-electron chi connectivity index (χ4n) is 2.46. The van der Waals surface area contributed by atoms with E-state index in [1.54, 1.807) is 13.8 Å². The van der Waals surface area contributed by atoms with Gasteiger partial charge in [-0.3, -0.25) is 9.59 Å². The maximum Gasteiger partial charge on any atom is 0.308 e. The molecule has 0 fully saturated rings. The zero-order valence-corrected chi connectivity index (χ0v) is 14.2. The summed E-state index contributed by atoms with van der Waals surface area (Å²) in [5.74, 6) is -0.205. The number of aliphatic hydroxyl groups excluding tert-OH is 1.